The van der Waals surface area contributed by atoms with Gasteiger partial charge in [-0.3, -0.25) is 0 Å². The minimum absolute atomic E-state index is 0.451. The van der Waals surface area contributed by atoms with Gasteiger partial charge in [0.1, 0.15) is 12.1 Å². The van der Waals surface area contributed by atoms with E-state index in [2.05, 4.69) is 27.1 Å². The number of nitrogens with zero attached hydrogens (tertiary/aromatic N) is 3. The average molecular weight is 336 g/mol. The fourth-order valence-electron chi connectivity index (χ4n) is 2.08. The van der Waals surface area contributed by atoms with Crippen molar-refractivity contribution in [1.82, 2.24) is 15.3 Å². The number of carboxylic acid groups (broad SMARTS) is 1. The normalized spacial score (nSPS) is 18.0. The molecule has 0 saturated carbocycles. The van der Waals surface area contributed by atoms with E-state index in [1.54, 1.807) is 13.4 Å². The molecule has 1 fully saturated rings. The predicted molar refractivity (Wildman–Crippen MR) is 76.7 cm³/mol. The summed E-state index contributed by atoms with van der Waals surface area (Å²) in [6.07, 6.45) is -3.52. The minimum atomic E-state index is -5.08. The lowest BCUT2D eigenvalue weighted by Crippen LogP contribution is -2.50. The second-order valence-corrected chi connectivity index (χ2v) is 4.88. The number of hydrogen-bond acceptors (Lipinski definition) is 6. The van der Waals surface area contributed by atoms with Crippen LogP contribution in [0.15, 0.2) is 6.33 Å². The van der Waals surface area contributed by atoms with Gasteiger partial charge in [-0.2, -0.15) is 13.2 Å². The molecule has 1 atom stereocenters. The summed E-state index contributed by atoms with van der Waals surface area (Å²) in [6.45, 7) is 7.16. The predicted octanol–water partition coefficient (Wildman–Crippen LogP) is 1.23. The number of anilines is 1. The average Bonchev–Trinajstić information content (AvgIpc) is 2.48. The van der Waals surface area contributed by atoms with Crippen molar-refractivity contribution in [3.05, 3.63) is 11.9 Å². The van der Waals surface area contributed by atoms with E-state index in [4.69, 9.17) is 14.6 Å². The van der Waals surface area contributed by atoms with Crippen LogP contribution >= 0.6 is 0 Å². The van der Waals surface area contributed by atoms with Crippen LogP contribution in [0, 0.1) is 6.92 Å². The zero-order valence-electron chi connectivity index (χ0n) is 13.0. The quantitative estimate of drug-likeness (QED) is 0.840. The summed E-state index contributed by atoms with van der Waals surface area (Å²) in [5, 5.41) is 10.5. The number of hydrogen-bond donors (Lipinski definition) is 2. The molecule has 0 aliphatic carbocycles. The molecule has 1 aromatic heterocycles. The van der Waals surface area contributed by atoms with Crippen molar-refractivity contribution in [2.24, 2.45) is 0 Å². The number of carboxylic acids is 1. The molecule has 0 amide bonds. The molecule has 0 radical (unpaired) electrons. The molecule has 1 saturated heterocycles. The molecule has 0 aromatic carbocycles. The summed E-state index contributed by atoms with van der Waals surface area (Å²) >= 11 is 0. The third kappa shape index (κ3) is 5.23. The molecular weight excluding hydrogens is 317 g/mol. The van der Waals surface area contributed by atoms with Crippen LogP contribution in [0.1, 0.15) is 12.5 Å². The third-order valence-corrected chi connectivity index (χ3v) is 3.22. The number of aliphatic carboxylic acids is 1. The molecule has 10 heteroatoms. The first kappa shape index (κ1) is 18.9. The highest BCUT2D eigenvalue weighted by molar-refractivity contribution is 5.73. The first-order valence-electron chi connectivity index (χ1n) is 6.81. The molecule has 1 aromatic rings. The van der Waals surface area contributed by atoms with Crippen molar-refractivity contribution in [3.8, 4) is 5.88 Å². The summed E-state index contributed by atoms with van der Waals surface area (Å²) < 4.78 is 37.0. The summed E-state index contributed by atoms with van der Waals surface area (Å²) in [6, 6.07) is 0.451. The maximum Gasteiger partial charge on any atom is 0.490 e. The molecule has 130 valence electrons. The van der Waals surface area contributed by atoms with Crippen molar-refractivity contribution in [3.63, 3.8) is 0 Å². The maximum atomic E-state index is 10.6. The number of rotatable bonds is 2. The van der Waals surface area contributed by atoms with Gasteiger partial charge < -0.3 is 20.1 Å². The van der Waals surface area contributed by atoms with Gasteiger partial charge in [0.25, 0.3) is 0 Å². The maximum absolute atomic E-state index is 10.6. The Kier molecular flexibility index (Phi) is 6.55. The molecule has 0 bridgehead atoms. The molecular formula is C13H19F3N4O3. The zero-order chi connectivity index (χ0) is 17.6. The summed E-state index contributed by atoms with van der Waals surface area (Å²) in [5.41, 5.74) is 1.01. The van der Waals surface area contributed by atoms with Crippen molar-refractivity contribution < 1.29 is 27.8 Å². The zero-order valence-corrected chi connectivity index (χ0v) is 13.0. The van der Waals surface area contributed by atoms with E-state index in [-0.39, 0.29) is 0 Å². The van der Waals surface area contributed by atoms with Crippen LogP contribution in [0.2, 0.25) is 0 Å². The van der Waals surface area contributed by atoms with Crippen LogP contribution in [0.25, 0.3) is 0 Å². The van der Waals surface area contributed by atoms with Crippen LogP contribution < -0.4 is 15.0 Å². The summed E-state index contributed by atoms with van der Waals surface area (Å²) in [4.78, 5) is 19.7. The van der Waals surface area contributed by atoms with E-state index >= 15 is 0 Å². The standard InChI is InChI=1S/C11H18N4O.C2HF3O2/c1-8-6-12-4-5-15(8)10-9(2)11(16-3)14-7-13-10;3-2(4,5)1(6)7/h7-8,12H,4-6H2,1-3H3;(H,6,7)/t8-;/m0./s1. The van der Waals surface area contributed by atoms with Crippen LogP contribution in [0.5, 0.6) is 5.88 Å². The summed E-state index contributed by atoms with van der Waals surface area (Å²) in [7, 11) is 1.64. The second-order valence-electron chi connectivity index (χ2n) is 4.88. The molecule has 7 nitrogen and oxygen atoms in total. The lowest BCUT2D eigenvalue weighted by atomic mass is 10.2. The van der Waals surface area contributed by atoms with Gasteiger partial charge in [-0.05, 0) is 13.8 Å². The van der Waals surface area contributed by atoms with E-state index in [1.807, 2.05) is 6.92 Å². The Morgan fingerprint density at radius 1 is 1.48 bits per heavy atom. The Hall–Kier alpha value is -2.10. The topological polar surface area (TPSA) is 87.6 Å². The molecule has 1 aliphatic rings. The number of carbonyl (C=O) groups is 1. The van der Waals surface area contributed by atoms with Crippen molar-refractivity contribution in [2.75, 3.05) is 31.6 Å². The van der Waals surface area contributed by atoms with E-state index < -0.39 is 12.1 Å². The van der Waals surface area contributed by atoms with Crippen molar-refractivity contribution in [2.45, 2.75) is 26.1 Å². The minimum Gasteiger partial charge on any atom is -0.481 e. The van der Waals surface area contributed by atoms with E-state index in [0.29, 0.717) is 11.9 Å². The molecule has 23 heavy (non-hydrogen) atoms. The molecule has 2 N–H and O–H groups in total. The molecule has 2 heterocycles. The Bertz CT molecular complexity index is 540. The van der Waals surface area contributed by atoms with E-state index in [0.717, 1.165) is 31.0 Å². The van der Waals surface area contributed by atoms with Crippen molar-refractivity contribution >= 4 is 11.8 Å². The number of nitrogens with one attached hydrogen (secondary N) is 1. The smallest absolute Gasteiger partial charge is 0.481 e. The highest BCUT2D eigenvalue weighted by atomic mass is 19.4. The van der Waals surface area contributed by atoms with E-state index in [9.17, 15) is 13.2 Å². The Morgan fingerprint density at radius 2 is 2.09 bits per heavy atom. The van der Waals surface area contributed by atoms with Gasteiger partial charge in [0.2, 0.25) is 5.88 Å². The lowest BCUT2D eigenvalue weighted by molar-refractivity contribution is -0.192. The molecule has 0 spiro atoms. The van der Waals surface area contributed by atoms with Gasteiger partial charge in [-0.1, -0.05) is 0 Å². The fourth-order valence-corrected chi connectivity index (χ4v) is 2.08. The highest BCUT2D eigenvalue weighted by Gasteiger charge is 2.38. The fraction of sp³-hybridized carbons (Fsp3) is 0.615. The molecule has 1 aliphatic heterocycles. The largest absolute Gasteiger partial charge is 0.490 e. The van der Waals surface area contributed by atoms with Crippen LogP contribution in [-0.2, 0) is 4.79 Å². The van der Waals surface area contributed by atoms with Gasteiger partial charge in [0.15, 0.2) is 0 Å². The van der Waals surface area contributed by atoms with E-state index in [1.165, 1.54) is 0 Å². The van der Waals surface area contributed by atoms with Crippen LogP contribution in [0.3, 0.4) is 0 Å². The first-order valence-corrected chi connectivity index (χ1v) is 6.81. The molecule has 2 rings (SSSR count). The number of piperazine rings is 1. The Morgan fingerprint density at radius 3 is 2.57 bits per heavy atom. The SMILES string of the molecule is COc1ncnc(N2CCNC[C@@H]2C)c1C.O=C(O)C(F)(F)F. The number of alkyl halides is 3. The highest BCUT2D eigenvalue weighted by Crippen LogP contribution is 2.25. The Balaban J connectivity index is 0.000000322. The van der Waals surface area contributed by atoms with Gasteiger partial charge >= 0.3 is 12.1 Å². The number of halogens is 3. The first-order chi connectivity index (χ1) is 10.7. The van der Waals surface area contributed by atoms with Gasteiger partial charge in [-0.25, -0.2) is 14.8 Å². The third-order valence-electron chi connectivity index (χ3n) is 3.22. The monoisotopic (exact) mass is 336 g/mol. The van der Waals surface area contributed by atoms with Gasteiger partial charge in [0.05, 0.1) is 12.7 Å². The number of methoxy groups -OCH3 is 1. The van der Waals surface area contributed by atoms with Crippen molar-refractivity contribution in [1.29, 1.82) is 0 Å². The number of aromatic nitrogens is 2. The lowest BCUT2D eigenvalue weighted by Gasteiger charge is -2.35. The number of ether oxygens (including phenoxy) is 1. The van der Waals surface area contributed by atoms with Crippen LogP contribution in [-0.4, -0.2) is 60.0 Å². The van der Waals surface area contributed by atoms with Gasteiger partial charge in [-0.15, -0.1) is 0 Å². The summed E-state index contributed by atoms with van der Waals surface area (Å²) in [5.74, 6) is -1.11. The van der Waals surface area contributed by atoms with Gasteiger partial charge in [0, 0.05) is 25.7 Å². The molecule has 0 unspecified atom stereocenters. The Labute approximate surface area is 131 Å². The van der Waals surface area contributed by atoms with Crippen LogP contribution in [0.4, 0.5) is 19.0 Å². The second kappa shape index (κ2) is 7.95.